The highest BCUT2D eigenvalue weighted by molar-refractivity contribution is 5.72. The second-order valence-corrected chi connectivity index (χ2v) is 6.99. The normalized spacial score (nSPS) is 17.8. The van der Waals surface area contributed by atoms with Gasteiger partial charge in [-0.3, -0.25) is 4.79 Å². The second kappa shape index (κ2) is 10.4. The molecule has 2 atom stereocenters. The molecule has 0 spiro atoms. The molecule has 0 bridgehead atoms. The van der Waals surface area contributed by atoms with Crippen molar-refractivity contribution in [1.82, 2.24) is 5.32 Å². The van der Waals surface area contributed by atoms with Crippen LogP contribution in [0.3, 0.4) is 0 Å². The van der Waals surface area contributed by atoms with E-state index in [0.717, 1.165) is 50.6 Å². The van der Waals surface area contributed by atoms with Crippen LogP contribution in [0, 0.1) is 5.92 Å². The quantitative estimate of drug-likeness (QED) is 0.471. The smallest absolute Gasteiger partial charge is 0.308 e. The molecular weight excluding hydrogens is 318 g/mol. The molecule has 0 saturated heterocycles. The predicted octanol–water partition coefficient (Wildman–Crippen LogP) is 3.31. The molecule has 2 rings (SSSR count). The molecule has 0 aliphatic heterocycles. The molecule has 2 unspecified atom stereocenters. The van der Waals surface area contributed by atoms with Crippen molar-refractivity contribution in [3.63, 3.8) is 0 Å². The average Bonchev–Trinajstić information content (AvgIpc) is 2.65. The molecule has 1 aliphatic carbocycles. The molecule has 1 aromatic carbocycles. The molecule has 3 N–H and O–H groups in total. The molecule has 0 radical (unpaired) electrons. The maximum absolute atomic E-state index is 11.9. The van der Waals surface area contributed by atoms with Gasteiger partial charge in [-0.15, -0.1) is 0 Å². The molecule has 5 nitrogen and oxygen atoms in total. The summed E-state index contributed by atoms with van der Waals surface area (Å²) in [5.74, 6) is 0.287. The Balaban J connectivity index is 1.56. The molecule has 25 heavy (non-hydrogen) atoms. The van der Waals surface area contributed by atoms with Crippen LogP contribution in [-0.2, 0) is 9.53 Å². The summed E-state index contributed by atoms with van der Waals surface area (Å²) in [6.45, 7) is 3.17. The third kappa shape index (κ3) is 6.67. The number of esters is 1. The lowest BCUT2D eigenvalue weighted by molar-refractivity contribution is -0.149. The Labute approximate surface area is 150 Å². The molecule has 140 valence electrons. The third-order valence-corrected chi connectivity index (χ3v) is 4.93. The zero-order chi connectivity index (χ0) is 18.1. The summed E-state index contributed by atoms with van der Waals surface area (Å²) >= 11 is 0. The molecule has 5 heteroatoms. The summed E-state index contributed by atoms with van der Waals surface area (Å²) < 4.78 is 5.38. The number of aliphatic hydroxyl groups excluding tert-OH is 1. The van der Waals surface area contributed by atoms with Gasteiger partial charge in [0.1, 0.15) is 5.75 Å². The Morgan fingerprint density at radius 1 is 1.20 bits per heavy atom. The van der Waals surface area contributed by atoms with Gasteiger partial charge in [0.05, 0.1) is 18.6 Å². The van der Waals surface area contributed by atoms with E-state index in [-0.39, 0.29) is 23.7 Å². The Morgan fingerprint density at radius 3 is 2.56 bits per heavy atom. The lowest BCUT2D eigenvalue weighted by Gasteiger charge is -2.21. The van der Waals surface area contributed by atoms with E-state index in [1.54, 1.807) is 24.3 Å². The fourth-order valence-corrected chi connectivity index (χ4v) is 3.26. The number of carbonyl (C=O) groups is 1. The molecule has 1 saturated carbocycles. The number of rotatable bonds is 9. The van der Waals surface area contributed by atoms with Crippen LogP contribution in [-0.4, -0.2) is 35.4 Å². The summed E-state index contributed by atoms with van der Waals surface area (Å²) in [5, 5.41) is 22.9. The van der Waals surface area contributed by atoms with Gasteiger partial charge in [-0.1, -0.05) is 31.4 Å². The Bertz CT molecular complexity index is 511. The van der Waals surface area contributed by atoms with Crippen LogP contribution in [0.25, 0.3) is 0 Å². The Morgan fingerprint density at radius 2 is 1.88 bits per heavy atom. The van der Waals surface area contributed by atoms with Crippen molar-refractivity contribution in [1.29, 1.82) is 0 Å². The highest BCUT2D eigenvalue weighted by Gasteiger charge is 2.22. The molecule has 1 aromatic rings. The third-order valence-electron chi connectivity index (χ3n) is 4.93. The van der Waals surface area contributed by atoms with Gasteiger partial charge < -0.3 is 20.3 Å². The number of hydrogen-bond donors (Lipinski definition) is 3. The minimum absolute atomic E-state index is 0.0243. The first-order valence-corrected chi connectivity index (χ1v) is 9.45. The number of phenolic OH excluding ortho intramolecular Hbond substituents is 1. The van der Waals surface area contributed by atoms with E-state index in [1.165, 1.54) is 6.42 Å². The zero-order valence-electron chi connectivity index (χ0n) is 15.1. The number of aromatic hydroxyl groups is 1. The van der Waals surface area contributed by atoms with Crippen molar-refractivity contribution in [2.24, 2.45) is 5.92 Å². The second-order valence-electron chi connectivity index (χ2n) is 6.99. The fourth-order valence-electron chi connectivity index (χ4n) is 3.26. The first-order valence-electron chi connectivity index (χ1n) is 9.45. The lowest BCUT2D eigenvalue weighted by Crippen LogP contribution is -2.33. The minimum atomic E-state index is -0.621. The summed E-state index contributed by atoms with van der Waals surface area (Å²) in [6, 6.07) is 6.51. The van der Waals surface area contributed by atoms with E-state index in [2.05, 4.69) is 5.32 Å². The number of carbonyl (C=O) groups excluding carboxylic acids is 1. The number of benzene rings is 1. The molecule has 1 fully saturated rings. The standard InChI is InChI=1S/C20H31NO4/c1-15(19(23)16-9-11-18(22)12-10-16)21-13-5-6-14-25-20(24)17-7-3-2-4-8-17/h9-12,15,17,19,21-23H,2-8,13-14H2,1H3. The van der Waals surface area contributed by atoms with Crippen molar-refractivity contribution < 1.29 is 19.7 Å². The van der Waals surface area contributed by atoms with Crippen molar-refractivity contribution >= 4 is 5.97 Å². The lowest BCUT2D eigenvalue weighted by atomic mass is 9.89. The highest BCUT2D eigenvalue weighted by atomic mass is 16.5. The number of hydrogen-bond acceptors (Lipinski definition) is 5. The fraction of sp³-hybridized carbons (Fsp3) is 0.650. The molecule has 0 amide bonds. The van der Waals surface area contributed by atoms with Crippen LogP contribution in [0.4, 0.5) is 0 Å². The monoisotopic (exact) mass is 349 g/mol. The molecule has 1 aliphatic rings. The van der Waals surface area contributed by atoms with E-state index in [9.17, 15) is 15.0 Å². The Hall–Kier alpha value is -1.59. The van der Waals surface area contributed by atoms with Gasteiger partial charge in [0.2, 0.25) is 0 Å². The van der Waals surface area contributed by atoms with Gasteiger partial charge in [0, 0.05) is 6.04 Å². The van der Waals surface area contributed by atoms with E-state index >= 15 is 0 Å². The topological polar surface area (TPSA) is 78.8 Å². The largest absolute Gasteiger partial charge is 0.508 e. The van der Waals surface area contributed by atoms with Gasteiger partial charge >= 0.3 is 5.97 Å². The van der Waals surface area contributed by atoms with Gasteiger partial charge in [0.25, 0.3) is 0 Å². The number of aliphatic hydroxyl groups is 1. The van der Waals surface area contributed by atoms with Crippen LogP contribution in [0.15, 0.2) is 24.3 Å². The van der Waals surface area contributed by atoms with E-state index in [1.807, 2.05) is 6.92 Å². The summed E-state index contributed by atoms with van der Waals surface area (Å²) in [4.78, 5) is 11.9. The molecule has 0 aromatic heterocycles. The SMILES string of the molecule is CC(NCCCCOC(=O)C1CCCCC1)C(O)c1ccc(O)cc1. The molecule has 0 heterocycles. The van der Waals surface area contributed by atoms with Gasteiger partial charge in [-0.25, -0.2) is 0 Å². The first kappa shape index (κ1) is 19.7. The molecular formula is C20H31NO4. The maximum atomic E-state index is 11.9. The van der Waals surface area contributed by atoms with Crippen molar-refractivity contribution in [3.05, 3.63) is 29.8 Å². The first-order chi connectivity index (χ1) is 12.1. The van der Waals surface area contributed by atoms with Crippen molar-refractivity contribution in [2.45, 2.75) is 64.0 Å². The average molecular weight is 349 g/mol. The van der Waals surface area contributed by atoms with E-state index < -0.39 is 6.10 Å². The minimum Gasteiger partial charge on any atom is -0.508 e. The Kier molecular flexibility index (Phi) is 8.22. The van der Waals surface area contributed by atoms with Crippen LogP contribution < -0.4 is 5.32 Å². The number of phenols is 1. The van der Waals surface area contributed by atoms with Crippen molar-refractivity contribution in [3.8, 4) is 5.75 Å². The van der Waals surface area contributed by atoms with Gasteiger partial charge in [0.15, 0.2) is 0 Å². The van der Waals surface area contributed by atoms with E-state index in [4.69, 9.17) is 4.74 Å². The van der Waals surface area contributed by atoms with Crippen LogP contribution in [0.2, 0.25) is 0 Å². The van der Waals surface area contributed by atoms with Gasteiger partial charge in [-0.05, 0) is 56.8 Å². The van der Waals surface area contributed by atoms with Gasteiger partial charge in [-0.2, -0.15) is 0 Å². The van der Waals surface area contributed by atoms with E-state index in [0.29, 0.717) is 6.61 Å². The van der Waals surface area contributed by atoms with Crippen LogP contribution >= 0.6 is 0 Å². The summed E-state index contributed by atoms with van der Waals surface area (Å²) in [7, 11) is 0. The van der Waals surface area contributed by atoms with Crippen LogP contribution in [0.1, 0.15) is 63.5 Å². The zero-order valence-corrected chi connectivity index (χ0v) is 15.1. The summed E-state index contributed by atoms with van der Waals surface area (Å²) in [6.07, 6.45) is 6.59. The number of ether oxygens (including phenoxy) is 1. The van der Waals surface area contributed by atoms with Crippen molar-refractivity contribution in [2.75, 3.05) is 13.2 Å². The number of unbranched alkanes of at least 4 members (excludes halogenated alkanes) is 1. The predicted molar refractivity (Wildman–Crippen MR) is 97.3 cm³/mol. The summed E-state index contributed by atoms with van der Waals surface area (Å²) in [5.41, 5.74) is 0.777. The highest BCUT2D eigenvalue weighted by Crippen LogP contribution is 2.24. The van der Waals surface area contributed by atoms with Crippen LogP contribution in [0.5, 0.6) is 5.75 Å². The number of nitrogens with one attached hydrogen (secondary N) is 1. The maximum Gasteiger partial charge on any atom is 0.308 e.